The Kier molecular flexibility index (Phi) is 5.12. The fourth-order valence-electron chi connectivity index (χ4n) is 3.64. The van der Waals surface area contributed by atoms with E-state index in [9.17, 15) is 8.42 Å². The van der Waals surface area contributed by atoms with E-state index in [1.54, 1.807) is 6.07 Å². The van der Waals surface area contributed by atoms with Crippen LogP contribution in [-0.2, 0) is 10.0 Å². The maximum atomic E-state index is 13.1. The number of hydrogen-bond donors (Lipinski definition) is 3. The molecule has 0 aliphatic carbocycles. The molecule has 3 aromatic rings. The number of benzene rings is 1. The molecule has 4 rings (SSSR count). The van der Waals surface area contributed by atoms with Gasteiger partial charge >= 0.3 is 0 Å². The van der Waals surface area contributed by atoms with Gasteiger partial charge < -0.3 is 25.9 Å². The van der Waals surface area contributed by atoms with Crippen LogP contribution in [0.3, 0.4) is 0 Å². The number of anilines is 2. The Labute approximate surface area is 173 Å². The lowest BCUT2D eigenvalue weighted by atomic mass is 9.97. The predicted molar refractivity (Wildman–Crippen MR) is 111 cm³/mol. The van der Waals surface area contributed by atoms with Gasteiger partial charge in [0.2, 0.25) is 16.0 Å². The van der Waals surface area contributed by atoms with Gasteiger partial charge in [-0.05, 0) is 25.0 Å². The van der Waals surface area contributed by atoms with Crippen molar-refractivity contribution in [2.24, 2.45) is 0 Å². The summed E-state index contributed by atoms with van der Waals surface area (Å²) >= 11 is 0. The summed E-state index contributed by atoms with van der Waals surface area (Å²) in [6, 6.07) is 4.59. The van der Waals surface area contributed by atoms with Gasteiger partial charge in [-0.1, -0.05) is 0 Å². The number of imidazole rings is 1. The summed E-state index contributed by atoms with van der Waals surface area (Å²) in [5.74, 6) is 1.91. The summed E-state index contributed by atoms with van der Waals surface area (Å²) < 4.78 is 38.0. The minimum absolute atomic E-state index is 0.0525. The van der Waals surface area contributed by atoms with Crippen molar-refractivity contribution in [1.29, 1.82) is 0 Å². The largest absolute Gasteiger partial charge is 0.493 e. The van der Waals surface area contributed by atoms with Crippen LogP contribution >= 0.6 is 0 Å². The number of methoxy groups -OCH3 is 2. The van der Waals surface area contributed by atoms with Crippen LogP contribution < -0.4 is 20.9 Å². The van der Waals surface area contributed by atoms with Crippen LogP contribution in [0.1, 0.15) is 24.6 Å². The zero-order chi connectivity index (χ0) is 21.5. The monoisotopic (exact) mass is 433 g/mol. The third-order valence-corrected chi connectivity index (χ3v) is 7.14. The normalized spacial score (nSPS) is 16.1. The van der Waals surface area contributed by atoms with E-state index < -0.39 is 10.0 Å². The third-order valence-electron chi connectivity index (χ3n) is 5.25. The molecule has 2 aromatic heterocycles. The highest BCUT2D eigenvalue weighted by atomic mass is 32.2. The van der Waals surface area contributed by atoms with Gasteiger partial charge in [-0.3, -0.25) is 0 Å². The molecule has 3 heterocycles. The van der Waals surface area contributed by atoms with Gasteiger partial charge in [-0.25, -0.2) is 13.4 Å². The average Bonchev–Trinajstić information content (AvgIpc) is 3.17. The number of ether oxygens (including phenoxy) is 2. The minimum atomic E-state index is -3.65. The highest BCUT2D eigenvalue weighted by Gasteiger charge is 2.32. The van der Waals surface area contributed by atoms with Gasteiger partial charge in [-0.15, -0.1) is 0 Å². The lowest BCUT2D eigenvalue weighted by Crippen LogP contribution is -2.38. The van der Waals surface area contributed by atoms with Crippen molar-refractivity contribution in [3.8, 4) is 11.5 Å². The lowest BCUT2D eigenvalue weighted by molar-refractivity contribution is 0.314. The Morgan fingerprint density at radius 2 is 1.77 bits per heavy atom. The Morgan fingerprint density at radius 1 is 1.07 bits per heavy atom. The first-order chi connectivity index (χ1) is 14.3. The Hall–Kier alpha value is -3.12. The van der Waals surface area contributed by atoms with Crippen LogP contribution in [0, 0.1) is 0 Å². The van der Waals surface area contributed by atoms with E-state index in [4.69, 9.17) is 20.9 Å². The van der Waals surface area contributed by atoms with E-state index in [-0.39, 0.29) is 22.6 Å². The van der Waals surface area contributed by atoms with Crippen LogP contribution in [0.2, 0.25) is 0 Å². The first-order valence-electron chi connectivity index (χ1n) is 9.34. The van der Waals surface area contributed by atoms with E-state index in [1.165, 1.54) is 30.7 Å². The summed E-state index contributed by atoms with van der Waals surface area (Å²) in [4.78, 5) is 15.8. The smallest absolute Gasteiger partial charge is 0.243 e. The number of rotatable bonds is 5. The molecule has 0 unspecified atom stereocenters. The van der Waals surface area contributed by atoms with E-state index in [2.05, 4.69) is 19.9 Å². The molecular weight excluding hydrogens is 410 g/mol. The number of nitrogens with two attached hydrogens (primary N) is 2. The first kappa shape index (κ1) is 20.2. The predicted octanol–water partition coefficient (Wildman–Crippen LogP) is 1.10. The second-order valence-electron chi connectivity index (χ2n) is 6.98. The summed E-state index contributed by atoms with van der Waals surface area (Å²) in [6.07, 6.45) is 1.21. The van der Waals surface area contributed by atoms with Crippen LogP contribution in [0.15, 0.2) is 23.1 Å². The van der Waals surface area contributed by atoms with Crippen LogP contribution in [0.5, 0.6) is 11.5 Å². The van der Waals surface area contributed by atoms with Crippen molar-refractivity contribution in [2.75, 3.05) is 38.8 Å². The van der Waals surface area contributed by atoms with Crippen molar-refractivity contribution in [3.63, 3.8) is 0 Å². The lowest BCUT2D eigenvalue weighted by Gasteiger charge is -2.30. The Morgan fingerprint density at radius 3 is 2.43 bits per heavy atom. The molecule has 0 spiro atoms. The SMILES string of the molecule is COc1ccc(S(=O)(=O)N2CCC(c3nc4nc(N)nc(N)c4[nH]3)CC2)cc1OC. The van der Waals surface area contributed by atoms with Gasteiger partial charge in [0.1, 0.15) is 11.3 Å². The van der Waals surface area contributed by atoms with E-state index in [0.717, 1.165) is 0 Å². The number of fused-ring (bicyclic) bond motifs is 1. The standard InChI is InChI=1S/C18H23N7O4S/c1-28-12-4-3-11(9-13(12)29-2)30(26,27)25-7-5-10(6-8-25)16-21-14-15(19)22-18(20)24-17(14)23-16/h3-4,9-10H,5-8H2,1-2H3,(H5,19,20,21,22,23,24). The molecule has 12 heteroatoms. The number of sulfonamides is 1. The summed E-state index contributed by atoms with van der Waals surface area (Å²) in [6.45, 7) is 0.726. The zero-order valence-electron chi connectivity index (χ0n) is 16.6. The number of piperidine rings is 1. The average molecular weight is 433 g/mol. The molecule has 1 saturated heterocycles. The Balaban J connectivity index is 1.52. The fourth-order valence-corrected chi connectivity index (χ4v) is 5.13. The van der Waals surface area contributed by atoms with Crippen LogP contribution in [-0.4, -0.2) is 60.0 Å². The van der Waals surface area contributed by atoms with Gasteiger partial charge in [0.15, 0.2) is 23.0 Å². The minimum Gasteiger partial charge on any atom is -0.493 e. The molecule has 1 aromatic carbocycles. The van der Waals surface area contributed by atoms with E-state index in [0.29, 0.717) is 54.4 Å². The van der Waals surface area contributed by atoms with Gasteiger partial charge in [0, 0.05) is 25.1 Å². The third kappa shape index (κ3) is 3.48. The number of aromatic nitrogens is 4. The molecule has 0 amide bonds. The molecule has 5 N–H and O–H groups in total. The second kappa shape index (κ2) is 7.61. The van der Waals surface area contributed by atoms with Crippen molar-refractivity contribution < 1.29 is 17.9 Å². The molecule has 0 radical (unpaired) electrons. The highest BCUT2D eigenvalue weighted by molar-refractivity contribution is 7.89. The van der Waals surface area contributed by atoms with Crippen LogP contribution in [0.4, 0.5) is 11.8 Å². The first-order valence-corrected chi connectivity index (χ1v) is 10.8. The summed E-state index contributed by atoms with van der Waals surface area (Å²) in [5.41, 5.74) is 12.5. The molecule has 1 aliphatic rings. The topological polar surface area (TPSA) is 162 Å². The van der Waals surface area contributed by atoms with E-state index in [1.807, 2.05) is 0 Å². The number of nitrogen functional groups attached to an aromatic ring is 2. The number of hydrogen-bond acceptors (Lipinski definition) is 9. The number of nitrogens with zero attached hydrogens (tertiary/aromatic N) is 4. The molecule has 1 fully saturated rings. The second-order valence-corrected chi connectivity index (χ2v) is 8.92. The van der Waals surface area contributed by atoms with E-state index >= 15 is 0 Å². The van der Waals surface area contributed by atoms with Crippen molar-refractivity contribution in [2.45, 2.75) is 23.7 Å². The van der Waals surface area contributed by atoms with Gasteiger partial charge in [-0.2, -0.15) is 14.3 Å². The molecule has 0 saturated carbocycles. The van der Waals surface area contributed by atoms with Crippen molar-refractivity contribution in [3.05, 3.63) is 24.0 Å². The fraction of sp³-hybridized carbons (Fsp3) is 0.389. The molecule has 11 nitrogen and oxygen atoms in total. The van der Waals surface area contributed by atoms with Gasteiger partial charge in [0.25, 0.3) is 0 Å². The maximum Gasteiger partial charge on any atom is 0.243 e. The molecular formula is C18H23N7O4S. The number of aromatic amines is 1. The quantitative estimate of drug-likeness (QED) is 0.535. The molecule has 1 aliphatic heterocycles. The Bertz CT molecular complexity index is 1190. The summed E-state index contributed by atoms with van der Waals surface area (Å²) in [5, 5.41) is 0. The molecule has 30 heavy (non-hydrogen) atoms. The molecule has 0 bridgehead atoms. The molecule has 160 valence electrons. The highest BCUT2D eigenvalue weighted by Crippen LogP contribution is 2.34. The summed E-state index contributed by atoms with van der Waals surface area (Å²) in [7, 11) is -0.681. The van der Waals surface area contributed by atoms with Crippen LogP contribution in [0.25, 0.3) is 11.2 Å². The number of nitrogens with one attached hydrogen (secondary N) is 1. The van der Waals surface area contributed by atoms with Crippen molar-refractivity contribution in [1.82, 2.24) is 24.2 Å². The molecule has 0 atom stereocenters. The number of H-pyrrole nitrogens is 1. The van der Waals surface area contributed by atoms with Gasteiger partial charge in [0.05, 0.1) is 19.1 Å². The maximum absolute atomic E-state index is 13.1. The zero-order valence-corrected chi connectivity index (χ0v) is 17.4. The van der Waals surface area contributed by atoms with Crippen molar-refractivity contribution >= 4 is 33.0 Å².